The minimum absolute atomic E-state index is 0.0190. The van der Waals surface area contributed by atoms with E-state index in [9.17, 15) is 26.3 Å². The van der Waals surface area contributed by atoms with Crippen LogP contribution in [-0.4, -0.2) is 141 Å². The second-order valence-electron chi connectivity index (χ2n) is 46.7. The molecule has 8 saturated carbocycles. The molecule has 14 fully saturated rings. The van der Waals surface area contributed by atoms with E-state index in [1.165, 1.54) is 252 Å². The van der Waals surface area contributed by atoms with E-state index in [2.05, 4.69) is 229 Å². The molecular formula is C132H190F6N8O3. The average Bonchev–Trinajstić information content (AvgIpc) is 0.718. The zero-order chi connectivity index (χ0) is 105. The molecule has 0 bridgehead atoms. The molecule has 13 atom stereocenters. The molecule has 0 amide bonds. The third-order valence-corrected chi connectivity index (χ3v) is 38.6. The standard InChI is InChI=1S/C19H27NO.C18H27N.C17H23F2N.C17H25NO.C16H23NO.C16H25N.C15H21F2N.C14H19F2N/c1-3-9-17(10-4-1)19(20-14-7-2-8-15-20)12-6-5-11-18(19)13-16-21-18;1-16-10-6-7-13-18(16,17-11-4-2-5-12-17)19-14-8-3-9-15-19;18-17(19)12-6-5-11-16(17,15-9-3-1-4-10-15)20-13-7-2-8-14-20;1-3-18-17(15-9-5-4-8-14(15)2)11-7-6-10-16(17)12-13-19-16;1-2-17-16(14-8-4-3-5-9-14)11-7-6-10-15(16)12-13-18-15;1-4-17-16(12-8-7-10-14(16)3)15-11-6-5-9-13(15)2;1-3-18-14(10-6-7-11-15(14,16)17)13-9-5-4-8-12(13)2;1-2-17-13(12-8-4-3-5-9-12)10-6-7-11-14(13,15)16/h1,3-4,9-10H,2,5-8,11-16H2;2,4-5,11-12,16H,3,6-10,13-15H2,1H3;1,3-4,9-10H,2,5-8,11-14H2;4-5,8-9,18H,3,6-7,10-13H2,1-2H3;3-5,8-9,17H,2,6-7,10-13H2,1H3;5-6,9,11,14,17H,4,7-8,10,12H2,1-3H3;4-5,8-9,18H,3,6-7,10-11H2,1-2H3;3-5,8-9,17H,2,6-7,10-11H2,1H3/t18?,19-;16?,18-;16-;16?,17-;15?,16-;14?,16-;14-;13-/m01000100/s1. The summed E-state index contributed by atoms with van der Waals surface area (Å²) in [6, 6.07) is 77.4. The van der Waals surface area contributed by atoms with Crippen LogP contribution in [-0.2, 0) is 58.5 Å². The number of ether oxygens (including phenoxy) is 3. The minimum atomic E-state index is -2.67. The molecule has 149 heavy (non-hydrogen) atoms. The van der Waals surface area contributed by atoms with E-state index >= 15 is 0 Å². The van der Waals surface area contributed by atoms with Crippen molar-refractivity contribution in [1.82, 2.24) is 41.3 Å². The van der Waals surface area contributed by atoms with Crippen molar-refractivity contribution in [2.24, 2.45) is 11.8 Å². The molecule has 22 rings (SSSR count). The van der Waals surface area contributed by atoms with Crippen molar-refractivity contribution in [2.45, 2.75) is 431 Å². The Bertz CT molecular complexity index is 5250. The largest absolute Gasteiger partial charge is 0.373 e. The van der Waals surface area contributed by atoms with Crippen LogP contribution in [0.3, 0.4) is 0 Å². The summed E-state index contributed by atoms with van der Waals surface area (Å²) < 4.78 is 106. The molecule has 3 spiro atoms. The van der Waals surface area contributed by atoms with E-state index in [1.54, 1.807) is 5.56 Å². The van der Waals surface area contributed by atoms with Crippen LogP contribution >= 0.6 is 0 Å². The van der Waals surface area contributed by atoms with Gasteiger partial charge in [0.15, 0.2) is 0 Å². The van der Waals surface area contributed by atoms with E-state index in [0.717, 1.165) is 113 Å². The fourth-order valence-corrected chi connectivity index (χ4v) is 31.2. The molecule has 14 aliphatic rings. The zero-order valence-electron chi connectivity index (χ0n) is 93.4. The fraction of sp³-hybridized carbons (Fsp3) is 0.636. The highest BCUT2D eigenvalue weighted by molar-refractivity contribution is 5.42. The molecule has 6 saturated heterocycles. The smallest absolute Gasteiger partial charge is 0.270 e. The van der Waals surface area contributed by atoms with Crippen molar-refractivity contribution in [3.05, 3.63) is 286 Å². The maximum atomic E-state index is 15.0. The summed E-state index contributed by atoms with van der Waals surface area (Å²) in [5, 5.41) is 17.6. The number of rotatable bonds is 21. The van der Waals surface area contributed by atoms with Gasteiger partial charge in [-0.1, -0.05) is 376 Å². The van der Waals surface area contributed by atoms with Crippen molar-refractivity contribution in [2.75, 3.05) is 91.8 Å². The first kappa shape index (κ1) is 116. The van der Waals surface area contributed by atoms with Gasteiger partial charge in [0.25, 0.3) is 17.8 Å². The summed E-state index contributed by atoms with van der Waals surface area (Å²) >= 11 is 0. The molecule has 6 heterocycles. The first-order chi connectivity index (χ1) is 72.3. The Hall–Kier alpha value is -7.10. The number of hydrogen-bond acceptors (Lipinski definition) is 11. The number of nitrogens with zero attached hydrogens (tertiary/aromatic N) is 3. The van der Waals surface area contributed by atoms with E-state index < -0.39 is 34.4 Å². The highest BCUT2D eigenvalue weighted by atomic mass is 19.3. The average molecular weight is 2050 g/mol. The SMILES string of the molecule is CC1CCCC[C@@]1(c1ccccc1)N1CCCCC1.CCN[C@]1(c2ccccc2)CCCCC1(F)F.CCN[C@]1(c2ccccc2)CCCCC12CCO2.CCN[C@]1(c2ccccc2C)CCCCC1(F)F.CCN[C@]1(c2ccccc2C)CCCCC12CCO2.CCN[C@]1(c2ccccc2C)CCCCC1C.FC1(F)CCCC[C@@]1(c1ccccc1)N1CCCCC1.c1ccc([C@@]2(N3CCCCC3)CCCCC23CCO3)cc1. The third kappa shape index (κ3) is 24.1. The number of nitrogens with one attached hydrogen (secondary N) is 5. The van der Waals surface area contributed by atoms with Gasteiger partial charge in [0, 0.05) is 49.6 Å². The van der Waals surface area contributed by atoms with Crippen molar-refractivity contribution in [3.63, 3.8) is 0 Å². The van der Waals surface area contributed by atoms with Crippen LogP contribution in [0.1, 0.15) is 392 Å². The normalized spacial score (nSPS) is 32.1. The molecule has 6 aliphatic heterocycles. The van der Waals surface area contributed by atoms with Gasteiger partial charge in [-0.05, 0) is 307 Å². The number of hydrogen-bond donors (Lipinski definition) is 5. The van der Waals surface area contributed by atoms with Crippen molar-refractivity contribution < 1.29 is 40.6 Å². The fourth-order valence-electron chi connectivity index (χ4n) is 31.2. The molecule has 8 aliphatic carbocycles. The van der Waals surface area contributed by atoms with Crippen LogP contribution in [0.2, 0.25) is 0 Å². The lowest BCUT2D eigenvalue weighted by atomic mass is 9.61. The maximum absolute atomic E-state index is 15.0. The first-order valence-electron chi connectivity index (χ1n) is 59.8. The van der Waals surface area contributed by atoms with Gasteiger partial charge in [0.05, 0.1) is 53.2 Å². The second-order valence-corrected chi connectivity index (χ2v) is 46.7. The van der Waals surface area contributed by atoms with Crippen molar-refractivity contribution in [3.8, 4) is 0 Å². The first-order valence-corrected chi connectivity index (χ1v) is 59.8. The summed E-state index contributed by atoms with van der Waals surface area (Å²) in [5.41, 5.74) is 11.1. The lowest BCUT2D eigenvalue weighted by Gasteiger charge is -2.63. The predicted molar refractivity (Wildman–Crippen MR) is 605 cm³/mol. The van der Waals surface area contributed by atoms with E-state index in [4.69, 9.17) is 14.2 Å². The van der Waals surface area contributed by atoms with Gasteiger partial charge < -0.3 is 40.8 Å². The Morgan fingerprint density at radius 1 is 0.242 bits per heavy atom. The van der Waals surface area contributed by atoms with Crippen LogP contribution in [0.5, 0.6) is 0 Å². The maximum Gasteiger partial charge on any atom is 0.270 e. The molecule has 17 heteroatoms. The molecule has 0 aromatic heterocycles. The number of aryl methyl sites for hydroxylation is 3. The molecular weight excluding hydrogens is 1860 g/mol. The van der Waals surface area contributed by atoms with E-state index in [1.807, 2.05) is 106 Å². The van der Waals surface area contributed by atoms with Crippen LogP contribution in [0.25, 0.3) is 0 Å². The second kappa shape index (κ2) is 53.1. The Morgan fingerprint density at radius 2 is 0.537 bits per heavy atom. The summed E-state index contributed by atoms with van der Waals surface area (Å²) in [7, 11) is 0. The monoisotopic (exact) mass is 2050 g/mol. The molecule has 8 aromatic carbocycles. The van der Waals surface area contributed by atoms with Crippen LogP contribution in [0.15, 0.2) is 224 Å². The van der Waals surface area contributed by atoms with Crippen LogP contribution in [0.4, 0.5) is 26.3 Å². The summed E-state index contributed by atoms with van der Waals surface area (Å²) in [6.45, 7) is 35.4. The van der Waals surface area contributed by atoms with Crippen LogP contribution < -0.4 is 26.6 Å². The van der Waals surface area contributed by atoms with Gasteiger partial charge >= 0.3 is 0 Å². The third-order valence-electron chi connectivity index (χ3n) is 38.6. The van der Waals surface area contributed by atoms with Crippen LogP contribution in [0, 0.1) is 32.6 Å². The van der Waals surface area contributed by atoms with E-state index in [0.29, 0.717) is 62.7 Å². The van der Waals surface area contributed by atoms with Gasteiger partial charge in [0.2, 0.25) is 0 Å². The number of likely N-dealkylation sites (N-methyl/N-ethyl adjacent to an activating group) is 2. The Morgan fingerprint density at radius 3 is 0.953 bits per heavy atom. The highest BCUT2D eigenvalue weighted by Crippen LogP contribution is 2.61. The number of alkyl halides is 6. The summed E-state index contributed by atoms with van der Waals surface area (Å²) in [5.74, 6) is -6.43. The number of halogens is 6. The number of benzene rings is 8. The number of likely N-dealkylation sites (tertiary alicyclic amines) is 3. The van der Waals surface area contributed by atoms with Gasteiger partial charge in [-0.25, -0.2) is 26.3 Å². The summed E-state index contributed by atoms with van der Waals surface area (Å²) in [6.07, 6.45) is 47.5. The quantitative estimate of drug-likeness (QED) is 0.0445. The molecule has 11 nitrogen and oxygen atoms in total. The summed E-state index contributed by atoms with van der Waals surface area (Å²) in [4.78, 5) is 7.71. The van der Waals surface area contributed by atoms with Gasteiger partial charge in [-0.15, -0.1) is 0 Å². The zero-order valence-corrected chi connectivity index (χ0v) is 93.4. The molecule has 5 unspecified atom stereocenters. The topological polar surface area (TPSA) is 97.6 Å². The molecule has 5 N–H and O–H groups in total. The van der Waals surface area contributed by atoms with Gasteiger partial charge in [-0.2, -0.15) is 0 Å². The lowest BCUT2D eigenvalue weighted by Crippen LogP contribution is -2.69. The van der Waals surface area contributed by atoms with Gasteiger partial charge in [0.1, 0.15) is 16.6 Å². The molecule has 0 radical (unpaired) electrons. The van der Waals surface area contributed by atoms with E-state index in [-0.39, 0.29) is 58.2 Å². The Balaban J connectivity index is 0.000000128. The van der Waals surface area contributed by atoms with Crippen molar-refractivity contribution >= 4 is 0 Å². The Kier molecular flexibility index (Phi) is 41.3. The van der Waals surface area contributed by atoms with Gasteiger partial charge in [-0.3, -0.25) is 14.7 Å². The molecule has 818 valence electrons. The molecule has 8 aromatic rings. The lowest BCUT2D eigenvalue weighted by molar-refractivity contribution is -0.251. The Labute approximate surface area is 896 Å². The predicted octanol–water partition coefficient (Wildman–Crippen LogP) is 31.7. The highest BCUT2D eigenvalue weighted by Gasteiger charge is 2.65. The number of piperidine rings is 3. The minimum Gasteiger partial charge on any atom is -0.373 e. The van der Waals surface area contributed by atoms with Crippen molar-refractivity contribution in [1.29, 1.82) is 0 Å².